The van der Waals surface area contributed by atoms with Crippen LogP contribution in [0, 0.1) is 18.7 Å². The van der Waals surface area contributed by atoms with Crippen molar-refractivity contribution in [3.05, 3.63) is 48.2 Å². The van der Waals surface area contributed by atoms with Gasteiger partial charge in [-0.15, -0.1) is 0 Å². The van der Waals surface area contributed by atoms with Crippen molar-refractivity contribution in [2.45, 2.75) is 51.1 Å². The summed E-state index contributed by atoms with van der Waals surface area (Å²) >= 11 is 0. The van der Waals surface area contributed by atoms with Crippen LogP contribution in [-0.2, 0) is 0 Å². The summed E-state index contributed by atoms with van der Waals surface area (Å²) in [7, 11) is 1.60. The van der Waals surface area contributed by atoms with Crippen LogP contribution in [0.25, 0.3) is 21.8 Å². The molecule has 0 aliphatic heterocycles. The van der Waals surface area contributed by atoms with Gasteiger partial charge in [-0.05, 0) is 62.8 Å². The molecule has 0 bridgehead atoms. The van der Waals surface area contributed by atoms with Gasteiger partial charge in [-0.3, -0.25) is 0 Å². The fraction of sp³-hybridized carbons (Fsp3) is 0.407. The summed E-state index contributed by atoms with van der Waals surface area (Å²) in [6.45, 7) is 2.53. The van der Waals surface area contributed by atoms with Crippen LogP contribution in [-0.4, -0.2) is 40.8 Å². The lowest BCUT2D eigenvalue weighted by molar-refractivity contribution is 0.121. The van der Waals surface area contributed by atoms with Crippen molar-refractivity contribution >= 4 is 21.8 Å². The van der Waals surface area contributed by atoms with Gasteiger partial charge in [0.2, 0.25) is 5.88 Å². The lowest BCUT2D eigenvalue weighted by Gasteiger charge is -2.40. The Morgan fingerprint density at radius 2 is 1.89 bits per heavy atom. The number of fused-ring (bicyclic) bond motifs is 2. The number of aromatic amines is 1. The average Bonchev–Trinajstić information content (AvgIpc) is 3.19. The molecule has 2 saturated carbocycles. The Balaban J connectivity index is 1.19. The molecule has 2 aliphatic carbocycles. The molecule has 2 aromatic heterocycles. The summed E-state index contributed by atoms with van der Waals surface area (Å²) in [6.07, 6.45) is 7.67. The van der Waals surface area contributed by atoms with Crippen LogP contribution >= 0.6 is 0 Å². The van der Waals surface area contributed by atoms with Crippen molar-refractivity contribution in [2.75, 3.05) is 13.7 Å². The SMILES string of the molecule is COc1cc2c(Oc3ccc4[nH]c(C)cc4c3F)ncnc2cc1OC[C@H]1C[C@@H](NC2CCC2)C1. The monoisotopic (exact) mass is 476 g/mol. The minimum Gasteiger partial charge on any atom is -0.493 e. The Bertz CT molecular complexity index is 1380. The molecule has 0 radical (unpaired) electrons. The van der Waals surface area contributed by atoms with Crippen molar-refractivity contribution in [3.63, 3.8) is 0 Å². The number of hydrogen-bond donors (Lipinski definition) is 2. The largest absolute Gasteiger partial charge is 0.493 e. The van der Waals surface area contributed by atoms with E-state index in [4.69, 9.17) is 14.2 Å². The number of ether oxygens (including phenoxy) is 3. The number of halogens is 1. The fourth-order valence-corrected chi connectivity index (χ4v) is 4.99. The topological polar surface area (TPSA) is 81.3 Å². The maximum Gasteiger partial charge on any atom is 0.230 e. The maximum absolute atomic E-state index is 15.1. The second kappa shape index (κ2) is 9.00. The molecule has 6 rings (SSSR count). The highest BCUT2D eigenvalue weighted by molar-refractivity contribution is 5.87. The first-order valence-electron chi connectivity index (χ1n) is 12.2. The van der Waals surface area contributed by atoms with Crippen molar-refractivity contribution < 1.29 is 18.6 Å². The van der Waals surface area contributed by atoms with Crippen molar-refractivity contribution in [1.29, 1.82) is 0 Å². The molecule has 4 aromatic rings. The molecule has 2 N–H and O–H groups in total. The number of nitrogens with zero attached hydrogens (tertiary/aromatic N) is 2. The minimum absolute atomic E-state index is 0.103. The van der Waals surface area contributed by atoms with E-state index in [1.165, 1.54) is 25.6 Å². The lowest BCUT2D eigenvalue weighted by atomic mass is 9.79. The second-order valence-corrected chi connectivity index (χ2v) is 9.73. The van der Waals surface area contributed by atoms with E-state index in [0.29, 0.717) is 46.4 Å². The van der Waals surface area contributed by atoms with E-state index in [-0.39, 0.29) is 11.6 Å². The third-order valence-electron chi connectivity index (χ3n) is 7.21. The molecular weight excluding hydrogens is 447 g/mol. The van der Waals surface area contributed by atoms with Gasteiger partial charge in [-0.1, -0.05) is 6.42 Å². The van der Waals surface area contributed by atoms with E-state index < -0.39 is 5.82 Å². The third-order valence-corrected chi connectivity index (χ3v) is 7.21. The molecule has 8 heteroatoms. The first-order valence-corrected chi connectivity index (χ1v) is 12.2. The molecule has 0 spiro atoms. The van der Waals surface area contributed by atoms with Crippen LogP contribution in [0.3, 0.4) is 0 Å². The Kier molecular flexibility index (Phi) is 5.68. The van der Waals surface area contributed by atoms with E-state index in [9.17, 15) is 0 Å². The van der Waals surface area contributed by atoms with Crippen LogP contribution in [0.15, 0.2) is 36.7 Å². The predicted molar refractivity (Wildman–Crippen MR) is 132 cm³/mol. The van der Waals surface area contributed by atoms with E-state index in [0.717, 1.165) is 30.1 Å². The minimum atomic E-state index is -0.434. The highest BCUT2D eigenvalue weighted by atomic mass is 19.1. The molecule has 2 fully saturated rings. The first-order chi connectivity index (χ1) is 17.1. The molecule has 0 saturated heterocycles. The number of methoxy groups -OCH3 is 1. The van der Waals surface area contributed by atoms with Crippen LogP contribution in [0.5, 0.6) is 23.1 Å². The molecule has 2 heterocycles. The predicted octanol–water partition coefficient (Wildman–Crippen LogP) is 5.66. The van der Waals surface area contributed by atoms with E-state index in [1.54, 1.807) is 31.4 Å². The normalized spacial score (nSPS) is 20.0. The van der Waals surface area contributed by atoms with Gasteiger partial charge in [0.15, 0.2) is 23.1 Å². The standard InChI is InChI=1S/C27H29FN4O3/c1-15-8-19-21(31-15)6-7-23(26(19)28)35-27-20-11-24(33-2)25(12-22(20)29-14-30-27)34-13-16-9-18(10-16)32-17-4-3-5-17/h6-8,11-12,14,16-18,31-32H,3-5,9-10,13H2,1-2H3/t16-,18+. The number of benzene rings is 2. The molecule has 0 atom stereocenters. The molecule has 0 amide bonds. The van der Waals surface area contributed by atoms with Crippen molar-refractivity contribution in [2.24, 2.45) is 5.92 Å². The summed E-state index contributed by atoms with van der Waals surface area (Å²) in [5.41, 5.74) is 2.25. The highest BCUT2D eigenvalue weighted by Gasteiger charge is 2.32. The Morgan fingerprint density at radius 3 is 2.66 bits per heavy atom. The number of aryl methyl sites for hydroxylation is 1. The number of rotatable bonds is 8. The highest BCUT2D eigenvalue weighted by Crippen LogP contribution is 2.38. The van der Waals surface area contributed by atoms with Crippen molar-refractivity contribution in [1.82, 2.24) is 20.3 Å². The van der Waals surface area contributed by atoms with Crippen molar-refractivity contribution in [3.8, 4) is 23.1 Å². The number of aromatic nitrogens is 3. The Hall–Kier alpha value is -3.39. The van der Waals surface area contributed by atoms with Crippen LogP contribution in [0.2, 0.25) is 0 Å². The smallest absolute Gasteiger partial charge is 0.230 e. The summed E-state index contributed by atoms with van der Waals surface area (Å²) < 4.78 is 32.7. The van der Waals surface area contributed by atoms with Gasteiger partial charge >= 0.3 is 0 Å². The Labute approximate surface area is 203 Å². The third kappa shape index (κ3) is 4.27. The summed E-state index contributed by atoms with van der Waals surface area (Å²) in [5, 5.41) is 4.83. The molecule has 2 aliphatic rings. The van der Waals surface area contributed by atoms with Gasteiger partial charge in [0.05, 0.1) is 24.6 Å². The molecule has 35 heavy (non-hydrogen) atoms. The van der Waals surface area contributed by atoms with Gasteiger partial charge in [0, 0.05) is 34.7 Å². The van der Waals surface area contributed by atoms with E-state index in [1.807, 2.05) is 13.0 Å². The zero-order chi connectivity index (χ0) is 23.9. The quantitative estimate of drug-likeness (QED) is 0.342. The van der Waals surface area contributed by atoms with E-state index in [2.05, 4.69) is 20.3 Å². The molecule has 7 nitrogen and oxygen atoms in total. The number of hydrogen-bond acceptors (Lipinski definition) is 6. The summed E-state index contributed by atoms with van der Waals surface area (Å²) in [5.74, 6) is 1.66. The van der Waals surface area contributed by atoms with Gasteiger partial charge in [-0.2, -0.15) is 0 Å². The van der Waals surface area contributed by atoms with E-state index >= 15 is 4.39 Å². The molecular formula is C27H29FN4O3. The second-order valence-electron chi connectivity index (χ2n) is 9.73. The molecule has 0 unspecified atom stereocenters. The number of H-pyrrole nitrogens is 1. The fourth-order valence-electron chi connectivity index (χ4n) is 4.99. The molecule has 182 valence electrons. The van der Waals surface area contributed by atoms with Gasteiger partial charge < -0.3 is 24.5 Å². The van der Waals surface area contributed by atoms with Gasteiger partial charge in [-0.25, -0.2) is 14.4 Å². The lowest BCUT2D eigenvalue weighted by Crippen LogP contribution is -2.49. The van der Waals surface area contributed by atoms with Crippen LogP contribution < -0.4 is 19.5 Å². The zero-order valence-electron chi connectivity index (χ0n) is 19.9. The summed E-state index contributed by atoms with van der Waals surface area (Å²) in [4.78, 5) is 11.8. The number of nitrogens with one attached hydrogen (secondary N) is 2. The zero-order valence-corrected chi connectivity index (χ0v) is 19.9. The molecule has 2 aromatic carbocycles. The van der Waals surface area contributed by atoms with Gasteiger partial charge in [0.25, 0.3) is 0 Å². The first kappa shape index (κ1) is 22.1. The van der Waals surface area contributed by atoms with Gasteiger partial charge in [0.1, 0.15) is 6.33 Å². The average molecular weight is 477 g/mol. The van der Waals surface area contributed by atoms with Crippen LogP contribution in [0.4, 0.5) is 4.39 Å². The Morgan fingerprint density at radius 1 is 1.03 bits per heavy atom. The maximum atomic E-state index is 15.1. The summed E-state index contributed by atoms with van der Waals surface area (Å²) in [6, 6.07) is 10.1. The van der Waals surface area contributed by atoms with Crippen LogP contribution in [0.1, 0.15) is 37.8 Å².